The Kier molecular flexibility index (Phi) is 6.22. The smallest absolute Gasteiger partial charge is 0.356 e. The van der Waals surface area contributed by atoms with Crippen LogP contribution in [0.4, 0.5) is 5.69 Å². The molecule has 0 atom stereocenters. The Morgan fingerprint density at radius 2 is 2.09 bits per heavy atom. The molecular formula is C16H19N3O3S. The minimum absolute atomic E-state index is 0.120. The van der Waals surface area contributed by atoms with Crippen LogP contribution in [0, 0.1) is 0 Å². The van der Waals surface area contributed by atoms with Crippen molar-refractivity contribution >= 4 is 29.3 Å². The molecular weight excluding hydrogens is 314 g/mol. The topological polar surface area (TPSA) is 84.1 Å². The first-order chi connectivity index (χ1) is 11.1. The lowest BCUT2D eigenvalue weighted by atomic mass is 10.1. The lowest BCUT2D eigenvalue weighted by Crippen LogP contribution is -2.15. The van der Waals surface area contributed by atoms with Gasteiger partial charge in [-0.15, -0.1) is 0 Å². The van der Waals surface area contributed by atoms with Crippen LogP contribution >= 0.6 is 11.8 Å². The Labute approximate surface area is 139 Å². The fourth-order valence-electron chi connectivity index (χ4n) is 1.96. The third-order valence-corrected chi connectivity index (χ3v) is 3.95. The Hall–Kier alpha value is -2.28. The molecule has 7 heteroatoms. The number of esters is 1. The number of H-pyrrole nitrogens is 1. The first-order valence-electron chi connectivity index (χ1n) is 7.36. The van der Waals surface area contributed by atoms with E-state index in [0.29, 0.717) is 11.8 Å². The first-order valence-corrected chi connectivity index (χ1v) is 8.35. The summed E-state index contributed by atoms with van der Waals surface area (Å²) in [6, 6.07) is 7.71. The van der Waals surface area contributed by atoms with E-state index in [0.717, 1.165) is 17.7 Å². The van der Waals surface area contributed by atoms with Gasteiger partial charge < -0.3 is 15.0 Å². The van der Waals surface area contributed by atoms with E-state index in [1.807, 2.05) is 31.2 Å². The van der Waals surface area contributed by atoms with Gasteiger partial charge in [-0.25, -0.2) is 9.78 Å². The van der Waals surface area contributed by atoms with Crippen molar-refractivity contribution in [2.45, 2.75) is 25.4 Å². The Morgan fingerprint density at radius 3 is 2.83 bits per heavy atom. The number of anilines is 1. The van der Waals surface area contributed by atoms with Gasteiger partial charge in [0, 0.05) is 5.69 Å². The lowest BCUT2D eigenvalue weighted by Gasteiger charge is -2.08. The summed E-state index contributed by atoms with van der Waals surface area (Å²) in [5, 5.41) is 3.39. The first kappa shape index (κ1) is 17.1. The number of hydrogen-bond donors (Lipinski definition) is 2. The van der Waals surface area contributed by atoms with Crippen molar-refractivity contribution in [3.8, 4) is 0 Å². The van der Waals surface area contributed by atoms with Gasteiger partial charge in [-0.05, 0) is 25.0 Å². The van der Waals surface area contributed by atoms with Crippen molar-refractivity contribution in [1.82, 2.24) is 9.97 Å². The zero-order chi connectivity index (χ0) is 16.7. The number of thioether (sulfide) groups is 1. The van der Waals surface area contributed by atoms with Crippen LogP contribution in [0.1, 0.15) is 29.9 Å². The van der Waals surface area contributed by atoms with Crippen molar-refractivity contribution in [3.63, 3.8) is 0 Å². The number of aromatic nitrogens is 2. The molecule has 0 aliphatic heterocycles. The zero-order valence-corrected chi connectivity index (χ0v) is 13.9. The largest absolute Gasteiger partial charge is 0.461 e. The number of nitrogens with one attached hydrogen (secondary N) is 2. The minimum atomic E-state index is -0.451. The van der Waals surface area contributed by atoms with Crippen LogP contribution < -0.4 is 5.32 Å². The van der Waals surface area contributed by atoms with Gasteiger partial charge in [0.15, 0.2) is 5.16 Å². The number of aryl methyl sites for hydroxylation is 1. The van der Waals surface area contributed by atoms with Crippen molar-refractivity contribution in [2.75, 3.05) is 17.7 Å². The molecule has 0 spiro atoms. The number of benzene rings is 1. The van der Waals surface area contributed by atoms with E-state index in [9.17, 15) is 9.59 Å². The number of ether oxygens (including phenoxy) is 1. The third-order valence-electron chi connectivity index (χ3n) is 3.06. The second kappa shape index (κ2) is 8.38. The van der Waals surface area contributed by atoms with E-state index in [-0.39, 0.29) is 17.4 Å². The molecule has 0 fully saturated rings. The molecule has 0 aliphatic rings. The number of aromatic amines is 1. The standard InChI is InChI=1S/C16H19N3O3S/c1-3-11-7-5-6-8-12(11)18-14(20)10-23-16-17-9-13(19-16)15(21)22-4-2/h5-9H,3-4,10H2,1-2H3,(H,17,19)(H,18,20). The van der Waals surface area contributed by atoms with E-state index in [2.05, 4.69) is 15.3 Å². The molecule has 2 rings (SSSR count). The van der Waals surface area contributed by atoms with Crippen molar-refractivity contribution < 1.29 is 14.3 Å². The highest BCUT2D eigenvalue weighted by Gasteiger charge is 2.12. The Bertz CT molecular complexity index is 685. The van der Waals surface area contributed by atoms with Crippen LogP contribution in [0.3, 0.4) is 0 Å². The van der Waals surface area contributed by atoms with Gasteiger partial charge in [-0.3, -0.25) is 4.79 Å². The summed E-state index contributed by atoms with van der Waals surface area (Å²) in [5.74, 6) is -0.369. The van der Waals surface area contributed by atoms with Crippen LogP contribution in [0.15, 0.2) is 35.6 Å². The van der Waals surface area contributed by atoms with Crippen LogP contribution in [0.5, 0.6) is 0 Å². The van der Waals surface area contributed by atoms with Crippen LogP contribution in [-0.2, 0) is 16.0 Å². The van der Waals surface area contributed by atoms with E-state index in [4.69, 9.17) is 4.74 Å². The van der Waals surface area contributed by atoms with Gasteiger partial charge in [0.1, 0.15) is 5.69 Å². The number of carbonyl (C=O) groups excluding carboxylic acids is 2. The summed E-state index contributed by atoms with van der Waals surface area (Å²) in [4.78, 5) is 30.5. The van der Waals surface area contributed by atoms with Crippen molar-refractivity contribution in [3.05, 3.63) is 41.7 Å². The maximum absolute atomic E-state index is 12.0. The van der Waals surface area contributed by atoms with Gasteiger partial charge in [0.05, 0.1) is 18.6 Å². The van der Waals surface area contributed by atoms with Gasteiger partial charge in [-0.1, -0.05) is 36.9 Å². The molecule has 122 valence electrons. The predicted octanol–water partition coefficient (Wildman–Crippen LogP) is 2.88. The Morgan fingerprint density at radius 1 is 1.30 bits per heavy atom. The molecule has 1 amide bonds. The zero-order valence-electron chi connectivity index (χ0n) is 13.1. The number of rotatable bonds is 7. The van der Waals surface area contributed by atoms with E-state index < -0.39 is 5.97 Å². The summed E-state index contributed by atoms with van der Waals surface area (Å²) in [7, 11) is 0. The molecule has 6 nitrogen and oxygen atoms in total. The van der Waals surface area contributed by atoms with Gasteiger partial charge in [0.25, 0.3) is 0 Å². The second-order valence-corrected chi connectivity index (χ2v) is 5.63. The summed E-state index contributed by atoms with van der Waals surface area (Å²) in [6.45, 7) is 4.08. The summed E-state index contributed by atoms with van der Waals surface area (Å²) in [6.07, 6.45) is 2.26. The molecule has 1 heterocycles. The highest BCUT2D eigenvalue weighted by molar-refractivity contribution is 7.99. The molecule has 0 saturated carbocycles. The SMILES string of the molecule is CCOC(=O)c1cnc(SCC(=O)Nc2ccccc2CC)[nH]1. The molecule has 1 aromatic carbocycles. The molecule has 0 radical (unpaired) electrons. The number of imidazole rings is 1. The predicted molar refractivity (Wildman–Crippen MR) is 89.7 cm³/mol. The molecule has 2 aromatic rings. The van der Waals surface area contributed by atoms with Gasteiger partial charge in [-0.2, -0.15) is 0 Å². The van der Waals surface area contributed by atoms with Crippen molar-refractivity contribution in [2.24, 2.45) is 0 Å². The average Bonchev–Trinajstić information content (AvgIpc) is 3.03. The van der Waals surface area contributed by atoms with E-state index >= 15 is 0 Å². The summed E-state index contributed by atoms with van der Waals surface area (Å²) >= 11 is 1.23. The lowest BCUT2D eigenvalue weighted by molar-refractivity contribution is -0.113. The number of amides is 1. The normalized spacial score (nSPS) is 10.3. The van der Waals surface area contributed by atoms with Crippen LogP contribution in [-0.4, -0.2) is 34.2 Å². The molecule has 1 aromatic heterocycles. The highest BCUT2D eigenvalue weighted by atomic mass is 32.2. The molecule has 0 bridgehead atoms. The molecule has 0 aliphatic carbocycles. The summed E-state index contributed by atoms with van der Waals surface area (Å²) < 4.78 is 4.87. The maximum Gasteiger partial charge on any atom is 0.356 e. The van der Waals surface area contributed by atoms with E-state index in [1.54, 1.807) is 6.92 Å². The number of para-hydroxylation sites is 1. The summed E-state index contributed by atoms with van der Waals surface area (Å²) in [5.41, 5.74) is 2.20. The van der Waals surface area contributed by atoms with Gasteiger partial charge >= 0.3 is 5.97 Å². The fraction of sp³-hybridized carbons (Fsp3) is 0.312. The van der Waals surface area contributed by atoms with Gasteiger partial charge in [0.2, 0.25) is 5.91 Å². The third kappa shape index (κ3) is 4.85. The molecule has 23 heavy (non-hydrogen) atoms. The maximum atomic E-state index is 12.0. The average molecular weight is 333 g/mol. The monoisotopic (exact) mass is 333 g/mol. The number of nitrogens with zero attached hydrogens (tertiary/aromatic N) is 1. The quantitative estimate of drug-likeness (QED) is 0.601. The number of hydrogen-bond acceptors (Lipinski definition) is 5. The van der Waals surface area contributed by atoms with Crippen LogP contribution in [0.2, 0.25) is 0 Å². The van der Waals surface area contributed by atoms with Crippen LogP contribution in [0.25, 0.3) is 0 Å². The second-order valence-electron chi connectivity index (χ2n) is 4.67. The fourth-order valence-corrected chi connectivity index (χ4v) is 2.61. The molecule has 2 N–H and O–H groups in total. The van der Waals surface area contributed by atoms with E-state index in [1.165, 1.54) is 18.0 Å². The Balaban J connectivity index is 1.88. The minimum Gasteiger partial charge on any atom is -0.461 e. The highest BCUT2D eigenvalue weighted by Crippen LogP contribution is 2.18. The molecule has 0 saturated heterocycles. The van der Waals surface area contributed by atoms with Crippen molar-refractivity contribution in [1.29, 1.82) is 0 Å². The molecule has 0 unspecified atom stereocenters. The number of carbonyl (C=O) groups is 2.